The summed E-state index contributed by atoms with van der Waals surface area (Å²) in [6, 6.07) is 15.7. The maximum absolute atomic E-state index is 13.4. The number of imide groups is 1. The van der Waals surface area contributed by atoms with Gasteiger partial charge in [-0.15, -0.1) is 0 Å². The van der Waals surface area contributed by atoms with Crippen molar-refractivity contribution in [3.05, 3.63) is 98.1 Å². The number of rotatable bonds is 7. The number of esters is 1. The first kappa shape index (κ1) is 32.9. The molecule has 4 atom stereocenters. The van der Waals surface area contributed by atoms with E-state index in [4.69, 9.17) is 21.3 Å². The number of aryl methyl sites for hydroxylation is 2. The molecule has 1 saturated carbocycles. The van der Waals surface area contributed by atoms with Gasteiger partial charge in [0.15, 0.2) is 6.61 Å². The number of carbonyl (C=O) groups excluding carboxylic acids is 4. The third-order valence-electron chi connectivity index (χ3n) is 8.78. The molecule has 4 aromatic rings. The third kappa shape index (κ3) is 6.10. The average Bonchev–Trinajstić information content (AvgIpc) is 3.29. The molecule has 1 aliphatic carbocycles. The summed E-state index contributed by atoms with van der Waals surface area (Å²) in [6.45, 7) is 2.70. The van der Waals surface area contributed by atoms with Crippen LogP contribution in [0.2, 0.25) is 5.02 Å². The number of halogens is 3. The first-order valence-electron chi connectivity index (χ1n) is 14.7. The summed E-state index contributed by atoms with van der Waals surface area (Å²) in [6.07, 6.45) is 1.14. The second-order valence-corrected chi connectivity index (χ2v) is 14.4. The zero-order chi connectivity index (χ0) is 33.7. The number of nitro groups is 1. The highest BCUT2D eigenvalue weighted by Gasteiger charge is 2.52. The fourth-order valence-electron chi connectivity index (χ4n) is 6.12. The van der Waals surface area contributed by atoms with E-state index in [1.807, 2.05) is 0 Å². The number of carbonyl (C=O) groups is 4. The molecule has 13 heteroatoms. The molecule has 0 radical (unpaired) electrons. The number of fused-ring (bicyclic) bond motifs is 2. The molecule has 240 valence electrons. The molecule has 2 amide bonds. The number of hydrogen-bond donors (Lipinski definition) is 0. The van der Waals surface area contributed by atoms with E-state index in [-0.39, 0.29) is 50.1 Å². The van der Waals surface area contributed by atoms with Gasteiger partial charge < -0.3 is 4.74 Å². The largest absolute Gasteiger partial charge is 0.454 e. The molecule has 2 aliphatic rings. The monoisotopic (exact) mass is 781 g/mol. The van der Waals surface area contributed by atoms with Gasteiger partial charge in [0.1, 0.15) is 0 Å². The van der Waals surface area contributed by atoms with E-state index >= 15 is 0 Å². The lowest BCUT2D eigenvalue weighted by atomic mass is 9.81. The van der Waals surface area contributed by atoms with Gasteiger partial charge in [-0.05, 0) is 56.5 Å². The Labute approximate surface area is 290 Å². The topological polar surface area (TPSA) is 137 Å². The predicted molar refractivity (Wildman–Crippen MR) is 184 cm³/mol. The first-order valence-corrected chi connectivity index (χ1v) is 16.9. The number of hydrogen-bond acceptors (Lipinski definition) is 8. The zero-order valence-corrected chi connectivity index (χ0v) is 29.0. The Morgan fingerprint density at radius 2 is 1.62 bits per heavy atom. The van der Waals surface area contributed by atoms with Crippen LogP contribution in [0.4, 0.5) is 11.4 Å². The van der Waals surface area contributed by atoms with Crippen molar-refractivity contribution >= 4 is 89.3 Å². The Morgan fingerprint density at radius 1 is 0.979 bits per heavy atom. The van der Waals surface area contributed by atoms with E-state index in [1.54, 1.807) is 56.3 Å². The van der Waals surface area contributed by atoms with Crippen molar-refractivity contribution in [3.8, 4) is 11.3 Å². The van der Waals surface area contributed by atoms with Crippen LogP contribution >= 0.6 is 43.5 Å². The van der Waals surface area contributed by atoms with Crippen LogP contribution in [0.1, 0.15) is 44.7 Å². The fourth-order valence-corrected chi connectivity index (χ4v) is 7.51. The fraction of sp³-hybridized carbons (Fsp3) is 0.265. The van der Waals surface area contributed by atoms with Crippen molar-refractivity contribution in [2.24, 2.45) is 11.8 Å². The number of alkyl halides is 2. The van der Waals surface area contributed by atoms with Gasteiger partial charge in [0.25, 0.3) is 5.69 Å². The SMILES string of the molecule is Cc1ccc(C(=O)COC(=O)c2cc(-c3ccc(N4C(=O)C5CC(Br)C(Br)CC5C4=O)cc3)nc3c(C)c(Cl)ccc23)cc1[N+](=O)[O-]. The van der Waals surface area contributed by atoms with Gasteiger partial charge in [-0.2, -0.15) is 0 Å². The first-order chi connectivity index (χ1) is 22.3. The number of nitro benzene ring substituents is 1. The number of pyridine rings is 1. The van der Waals surface area contributed by atoms with Crippen molar-refractivity contribution in [3.63, 3.8) is 0 Å². The molecule has 47 heavy (non-hydrogen) atoms. The Kier molecular flexibility index (Phi) is 9.03. The summed E-state index contributed by atoms with van der Waals surface area (Å²) in [5, 5.41) is 12.2. The van der Waals surface area contributed by atoms with Gasteiger partial charge in [-0.1, -0.05) is 73.8 Å². The molecule has 0 spiro atoms. The summed E-state index contributed by atoms with van der Waals surface area (Å²) in [5.74, 6) is -2.58. The molecule has 1 aliphatic heterocycles. The van der Waals surface area contributed by atoms with E-state index in [0.717, 1.165) is 6.07 Å². The number of anilines is 1. The third-order valence-corrected chi connectivity index (χ3v) is 11.9. The molecule has 2 fully saturated rings. The zero-order valence-electron chi connectivity index (χ0n) is 25.0. The normalized spacial score (nSPS) is 20.7. The molecular weight excluding hydrogens is 758 g/mol. The van der Waals surface area contributed by atoms with Crippen LogP contribution in [0, 0.1) is 35.8 Å². The number of Topliss-reactive ketones (excluding diaryl/α,β-unsaturated/α-hetero) is 1. The van der Waals surface area contributed by atoms with Crippen molar-refractivity contribution in [1.29, 1.82) is 0 Å². The van der Waals surface area contributed by atoms with Crippen LogP contribution in [-0.4, -0.2) is 49.7 Å². The van der Waals surface area contributed by atoms with Crippen molar-refractivity contribution in [2.75, 3.05) is 11.5 Å². The van der Waals surface area contributed by atoms with Gasteiger partial charge >= 0.3 is 5.97 Å². The molecule has 3 aromatic carbocycles. The molecule has 4 unspecified atom stereocenters. The Morgan fingerprint density at radius 3 is 2.23 bits per heavy atom. The number of ether oxygens (including phenoxy) is 1. The molecule has 1 aromatic heterocycles. The average molecular weight is 784 g/mol. The van der Waals surface area contributed by atoms with E-state index in [0.29, 0.717) is 56.8 Å². The highest BCUT2D eigenvalue weighted by atomic mass is 79.9. The molecule has 10 nitrogen and oxygen atoms in total. The molecule has 0 bridgehead atoms. The second kappa shape index (κ2) is 12.9. The minimum Gasteiger partial charge on any atom is -0.454 e. The van der Waals surface area contributed by atoms with Crippen LogP contribution in [0.15, 0.2) is 60.7 Å². The summed E-state index contributed by atoms with van der Waals surface area (Å²) in [7, 11) is 0. The maximum atomic E-state index is 13.4. The van der Waals surface area contributed by atoms with Crippen LogP contribution in [0.5, 0.6) is 0 Å². The Balaban J connectivity index is 1.29. The molecule has 2 heterocycles. The van der Waals surface area contributed by atoms with E-state index in [2.05, 4.69) is 31.9 Å². The summed E-state index contributed by atoms with van der Waals surface area (Å²) in [4.78, 5) is 69.8. The lowest BCUT2D eigenvalue weighted by molar-refractivity contribution is -0.385. The van der Waals surface area contributed by atoms with Crippen LogP contribution in [0.25, 0.3) is 22.2 Å². The van der Waals surface area contributed by atoms with Crippen molar-refractivity contribution in [1.82, 2.24) is 4.98 Å². The van der Waals surface area contributed by atoms with Gasteiger partial charge in [0.2, 0.25) is 17.6 Å². The highest BCUT2D eigenvalue weighted by Crippen LogP contribution is 2.44. The summed E-state index contributed by atoms with van der Waals surface area (Å²) >= 11 is 13.6. The molecule has 6 rings (SSSR count). The van der Waals surface area contributed by atoms with Crippen molar-refractivity contribution < 1.29 is 28.8 Å². The van der Waals surface area contributed by atoms with E-state index < -0.39 is 23.3 Å². The summed E-state index contributed by atoms with van der Waals surface area (Å²) in [5.41, 5.74) is 2.92. The number of nitrogens with zero attached hydrogens (tertiary/aromatic N) is 3. The number of ketones is 1. The van der Waals surface area contributed by atoms with Crippen LogP contribution in [-0.2, 0) is 14.3 Å². The predicted octanol–water partition coefficient (Wildman–Crippen LogP) is 7.55. The minimum absolute atomic E-state index is 0.0475. The van der Waals surface area contributed by atoms with Gasteiger partial charge in [0.05, 0.1) is 39.2 Å². The lowest BCUT2D eigenvalue weighted by Gasteiger charge is -2.29. The van der Waals surface area contributed by atoms with Crippen LogP contribution in [0.3, 0.4) is 0 Å². The highest BCUT2D eigenvalue weighted by molar-refractivity contribution is 9.12. The number of benzene rings is 3. The van der Waals surface area contributed by atoms with E-state index in [9.17, 15) is 29.3 Å². The standard InChI is InChI=1S/C34H26Br2ClN3O7/c1-16-3-4-19(11-29(16)40(45)46)30(41)15-47-34(44)24-14-28(38-31-17(2)27(37)10-9-21(24)31)18-5-7-20(8-6-18)39-32(42)22-12-25(35)26(36)13-23(22)33(39)43/h3-11,14,22-23,25-26H,12-13,15H2,1-2H3. The van der Waals surface area contributed by atoms with E-state index in [1.165, 1.54) is 17.0 Å². The Hall–Kier alpha value is -4.00. The van der Waals surface area contributed by atoms with Gasteiger partial charge in [-0.3, -0.25) is 29.4 Å². The minimum atomic E-state index is -0.794. The van der Waals surface area contributed by atoms with Crippen LogP contribution < -0.4 is 4.90 Å². The Bertz CT molecular complexity index is 1970. The molecule has 0 N–H and O–H groups in total. The molecule has 1 saturated heterocycles. The molecular formula is C34H26Br2ClN3O7. The second-order valence-electron chi connectivity index (χ2n) is 11.7. The van der Waals surface area contributed by atoms with Gasteiger partial charge in [0, 0.05) is 42.8 Å². The maximum Gasteiger partial charge on any atom is 0.339 e. The number of aromatic nitrogens is 1. The summed E-state index contributed by atoms with van der Waals surface area (Å²) < 4.78 is 5.41. The number of amides is 2. The lowest BCUT2D eigenvalue weighted by Crippen LogP contribution is -2.34. The quantitative estimate of drug-likeness (QED) is 0.0468. The van der Waals surface area contributed by atoms with Gasteiger partial charge in [-0.25, -0.2) is 9.78 Å². The smallest absolute Gasteiger partial charge is 0.339 e. The van der Waals surface area contributed by atoms with Crippen molar-refractivity contribution in [2.45, 2.75) is 36.3 Å².